The zero-order chi connectivity index (χ0) is 59.1. The van der Waals surface area contributed by atoms with E-state index in [1.165, 1.54) is 26.0 Å². The second-order valence-corrected chi connectivity index (χ2v) is 19.7. The van der Waals surface area contributed by atoms with E-state index in [0.29, 0.717) is 16.9 Å². The molecular formula is C53H77N13O14. The van der Waals surface area contributed by atoms with Gasteiger partial charge in [0.15, 0.2) is 5.76 Å². The van der Waals surface area contributed by atoms with Gasteiger partial charge in [0.1, 0.15) is 60.1 Å². The maximum absolute atomic E-state index is 14.4. The fourth-order valence-corrected chi connectivity index (χ4v) is 8.37. The highest BCUT2D eigenvalue weighted by Gasteiger charge is 2.37. The van der Waals surface area contributed by atoms with Gasteiger partial charge in [0.25, 0.3) is 5.91 Å². The number of furan rings is 1. The number of nitrogens with two attached hydrogens (primary N) is 3. The number of rotatable bonds is 20. The van der Waals surface area contributed by atoms with Crippen molar-refractivity contribution in [2.75, 3.05) is 32.8 Å². The first-order valence-corrected chi connectivity index (χ1v) is 26.4. The molecule has 11 atom stereocenters. The fourth-order valence-electron chi connectivity index (χ4n) is 8.37. The van der Waals surface area contributed by atoms with Crippen molar-refractivity contribution >= 4 is 59.1 Å². The summed E-state index contributed by atoms with van der Waals surface area (Å²) in [7, 11) is 0. The third-order valence-electron chi connectivity index (χ3n) is 12.7. The van der Waals surface area contributed by atoms with Gasteiger partial charge in [-0.1, -0.05) is 74.5 Å². The van der Waals surface area contributed by atoms with Crippen LogP contribution in [0.1, 0.15) is 75.9 Å². The molecule has 1 fully saturated rings. The van der Waals surface area contributed by atoms with E-state index in [4.69, 9.17) is 21.6 Å². The molecule has 0 bridgehead atoms. The molecule has 0 spiro atoms. The normalized spacial score (nSPS) is 22.8. The molecule has 19 N–H and O–H groups in total. The van der Waals surface area contributed by atoms with E-state index in [9.17, 15) is 63.3 Å². The van der Waals surface area contributed by atoms with Gasteiger partial charge < -0.3 is 90.1 Å². The number of nitrogens with one attached hydrogen (secondary N) is 10. The molecule has 10 amide bonds. The summed E-state index contributed by atoms with van der Waals surface area (Å²) in [5.41, 5.74) is 18.8. The lowest BCUT2D eigenvalue weighted by atomic mass is 10.00. The Balaban J connectivity index is 1.70. The summed E-state index contributed by atoms with van der Waals surface area (Å²) >= 11 is 0. The first-order valence-electron chi connectivity index (χ1n) is 26.4. The van der Waals surface area contributed by atoms with Crippen molar-refractivity contribution in [3.8, 4) is 11.3 Å². The minimum Gasteiger partial charge on any atom is -0.451 e. The molecule has 3 aromatic rings. The van der Waals surface area contributed by atoms with Crippen molar-refractivity contribution in [1.82, 2.24) is 53.2 Å². The van der Waals surface area contributed by atoms with E-state index in [-0.39, 0.29) is 63.4 Å². The highest BCUT2D eigenvalue weighted by molar-refractivity contribution is 6.00. The number of aliphatic hydroxyl groups excluding tert-OH is 3. The molecule has 4 rings (SSSR count). The van der Waals surface area contributed by atoms with Crippen LogP contribution in [0.5, 0.6) is 0 Å². The first-order chi connectivity index (χ1) is 38.1. The largest absolute Gasteiger partial charge is 0.451 e. The Hall–Kier alpha value is -7.82. The van der Waals surface area contributed by atoms with Crippen molar-refractivity contribution < 1.29 is 67.7 Å². The van der Waals surface area contributed by atoms with E-state index in [0.717, 1.165) is 0 Å². The lowest BCUT2D eigenvalue weighted by molar-refractivity contribution is -0.136. The molecule has 1 aromatic heterocycles. The molecule has 0 unspecified atom stereocenters. The average molecular weight is 1120 g/mol. The van der Waals surface area contributed by atoms with E-state index >= 15 is 0 Å². The molecule has 438 valence electrons. The molecule has 1 aliphatic rings. The van der Waals surface area contributed by atoms with Crippen molar-refractivity contribution in [2.45, 2.75) is 133 Å². The van der Waals surface area contributed by atoms with Gasteiger partial charge in [0.05, 0.1) is 18.8 Å². The first kappa shape index (κ1) is 64.7. The number of benzene rings is 2. The summed E-state index contributed by atoms with van der Waals surface area (Å²) in [6.45, 7) is 3.87. The number of hydrogen-bond donors (Lipinski definition) is 16. The predicted molar refractivity (Wildman–Crippen MR) is 290 cm³/mol. The van der Waals surface area contributed by atoms with Crippen molar-refractivity contribution in [1.29, 1.82) is 0 Å². The van der Waals surface area contributed by atoms with E-state index in [1.807, 2.05) is 0 Å². The number of carbonyl (C=O) groups excluding carboxylic acids is 10. The predicted octanol–water partition coefficient (Wildman–Crippen LogP) is -4.47. The number of hydrogen-bond acceptors (Lipinski definition) is 17. The second-order valence-electron chi connectivity index (χ2n) is 19.7. The van der Waals surface area contributed by atoms with Gasteiger partial charge in [0, 0.05) is 18.5 Å². The van der Waals surface area contributed by atoms with Crippen LogP contribution in [0.25, 0.3) is 11.3 Å². The van der Waals surface area contributed by atoms with E-state index in [1.54, 1.807) is 74.5 Å². The Morgan fingerprint density at radius 1 is 0.613 bits per heavy atom. The minimum atomic E-state index is -1.86. The van der Waals surface area contributed by atoms with Crippen LogP contribution in [0.15, 0.2) is 77.2 Å². The van der Waals surface area contributed by atoms with Gasteiger partial charge in [-0.05, 0) is 89.2 Å². The van der Waals surface area contributed by atoms with Crippen LogP contribution >= 0.6 is 0 Å². The quantitative estimate of drug-likeness (QED) is 0.0507. The Morgan fingerprint density at radius 2 is 1.11 bits per heavy atom. The molecule has 80 heavy (non-hydrogen) atoms. The van der Waals surface area contributed by atoms with Gasteiger partial charge in [-0.25, -0.2) is 0 Å². The van der Waals surface area contributed by atoms with Crippen molar-refractivity contribution in [3.05, 3.63) is 84.1 Å². The van der Waals surface area contributed by atoms with Crippen LogP contribution in [0.2, 0.25) is 0 Å². The SMILES string of the molecule is CC(C)C[C@@H]1NC(=O)[C@@H](Cc2ccccc2)NC(=O)[C@H](CCN)NC(=O)[C@@H](NC(=O)[C@@H](CO)NC(=O)[C@@H](NC(=O)c2ccc(-c3ccccc3)o2)[C@@H](C)O)CCNC(=O)[C@H]([C@@H](C)O)NC(=O)[C@H](CCN)NC(=O)[C@H](CCN)NC1=O. The van der Waals surface area contributed by atoms with Crippen LogP contribution in [-0.2, 0) is 49.6 Å². The smallest absolute Gasteiger partial charge is 0.287 e. The zero-order valence-corrected chi connectivity index (χ0v) is 45.2. The molecule has 27 nitrogen and oxygen atoms in total. The summed E-state index contributed by atoms with van der Waals surface area (Å²) in [5, 5.41) is 56.6. The fraction of sp³-hybridized carbons (Fsp3) is 0.509. The van der Waals surface area contributed by atoms with E-state index in [2.05, 4.69) is 53.2 Å². The zero-order valence-electron chi connectivity index (χ0n) is 45.2. The summed E-state index contributed by atoms with van der Waals surface area (Å²) in [5.74, 6) is -9.84. The Morgan fingerprint density at radius 3 is 1.64 bits per heavy atom. The highest BCUT2D eigenvalue weighted by atomic mass is 16.4. The molecular weight excluding hydrogens is 1040 g/mol. The number of aliphatic hydroxyl groups is 3. The van der Waals surface area contributed by atoms with Gasteiger partial charge >= 0.3 is 0 Å². The lowest BCUT2D eigenvalue weighted by Gasteiger charge is -2.28. The van der Waals surface area contributed by atoms with E-state index < -0.39 is 145 Å². The minimum absolute atomic E-state index is 0.0427. The molecule has 2 heterocycles. The Kier molecular flexibility index (Phi) is 26.1. The third-order valence-corrected chi connectivity index (χ3v) is 12.7. The molecule has 0 aliphatic carbocycles. The molecule has 1 aliphatic heterocycles. The maximum Gasteiger partial charge on any atom is 0.287 e. The van der Waals surface area contributed by atoms with Gasteiger partial charge in [-0.2, -0.15) is 0 Å². The second kappa shape index (κ2) is 32.3. The number of amides is 10. The van der Waals surface area contributed by atoms with Crippen LogP contribution in [0, 0.1) is 5.92 Å². The monoisotopic (exact) mass is 1120 g/mol. The molecule has 0 radical (unpaired) electrons. The maximum atomic E-state index is 14.4. The van der Waals surface area contributed by atoms with Crippen LogP contribution in [-0.4, -0.2) is 174 Å². The van der Waals surface area contributed by atoms with Crippen LogP contribution in [0.4, 0.5) is 0 Å². The average Bonchev–Trinajstić information content (AvgIpc) is 3.93. The third kappa shape index (κ3) is 19.8. The Labute approximate surface area is 462 Å². The molecule has 1 saturated heterocycles. The van der Waals surface area contributed by atoms with Crippen molar-refractivity contribution in [3.63, 3.8) is 0 Å². The topological polar surface area (TPSA) is 443 Å². The number of carbonyl (C=O) groups is 10. The van der Waals surface area contributed by atoms with Gasteiger partial charge in [0.2, 0.25) is 53.2 Å². The van der Waals surface area contributed by atoms with Crippen LogP contribution in [0.3, 0.4) is 0 Å². The highest BCUT2D eigenvalue weighted by Crippen LogP contribution is 2.22. The van der Waals surface area contributed by atoms with Crippen molar-refractivity contribution in [2.24, 2.45) is 23.1 Å². The molecule has 0 saturated carbocycles. The lowest BCUT2D eigenvalue weighted by Crippen LogP contribution is -2.61. The summed E-state index contributed by atoms with van der Waals surface area (Å²) < 4.78 is 5.66. The summed E-state index contributed by atoms with van der Waals surface area (Å²) in [6.07, 6.45) is -4.28. The molecule has 2 aromatic carbocycles. The van der Waals surface area contributed by atoms with Crippen LogP contribution < -0.4 is 70.4 Å². The van der Waals surface area contributed by atoms with Gasteiger partial charge in [-0.3, -0.25) is 47.9 Å². The standard InChI is InChI=1S/C53H77N13O14/c1-28(2)25-37-48(74)60-33(17-21-54)44(70)59-35(19-23-56)47(73)65-42(29(3)68)52(78)57-24-20-36(46(72)58-34(18-22-55)45(71)63-38(49(75)62-37)26-31-11-7-5-8-12-31)61-50(76)39(27-67)64-53(79)43(30(4)69)66-51(77)41-16-15-40(80-41)32-13-9-6-10-14-32/h5-16,28-30,33-39,42-43,67-69H,17-27,54-56H2,1-4H3,(H,57,78)(H,58,72)(H,59,70)(H,60,74)(H,61,76)(H,62,75)(H,63,71)(H,64,79)(H,65,73)(H,66,77)/t29-,30-,33+,34+,35+,36+,37+,38-,39-,42+,43+/m1/s1. The van der Waals surface area contributed by atoms with Gasteiger partial charge in [-0.15, -0.1) is 0 Å². The Bertz CT molecular complexity index is 2570. The summed E-state index contributed by atoms with van der Waals surface area (Å²) in [4.78, 5) is 139. The summed E-state index contributed by atoms with van der Waals surface area (Å²) in [6, 6.07) is 6.16. The molecule has 27 heteroatoms.